The van der Waals surface area contributed by atoms with E-state index in [2.05, 4.69) is 5.32 Å². The third kappa shape index (κ3) is 4.41. The number of esters is 1. The van der Waals surface area contributed by atoms with Crippen molar-refractivity contribution in [2.24, 2.45) is 0 Å². The van der Waals surface area contributed by atoms with Gasteiger partial charge >= 0.3 is 5.97 Å². The van der Waals surface area contributed by atoms with Crippen LogP contribution >= 0.6 is 0 Å². The fourth-order valence-electron chi connectivity index (χ4n) is 1.42. The van der Waals surface area contributed by atoms with E-state index < -0.39 is 0 Å². The molecule has 0 atom stereocenters. The Hall–Kier alpha value is -2.10. The van der Waals surface area contributed by atoms with Gasteiger partial charge in [-0.05, 0) is 37.6 Å². The van der Waals surface area contributed by atoms with Gasteiger partial charge in [-0.1, -0.05) is 12.1 Å². The van der Waals surface area contributed by atoms with E-state index in [-0.39, 0.29) is 11.9 Å². The molecule has 1 aromatic rings. The average Bonchev–Trinajstić information content (AvgIpc) is 2.31. The molecule has 0 saturated carbocycles. The summed E-state index contributed by atoms with van der Waals surface area (Å²) in [7, 11) is 0. The number of carbonyl (C=O) groups excluding carboxylic acids is 2. The Morgan fingerprint density at radius 3 is 2.33 bits per heavy atom. The second kappa shape index (κ2) is 6.59. The van der Waals surface area contributed by atoms with Crippen LogP contribution in [0.2, 0.25) is 0 Å². The first-order valence-electron chi connectivity index (χ1n) is 5.76. The van der Waals surface area contributed by atoms with Gasteiger partial charge in [-0.25, -0.2) is 4.79 Å². The molecule has 0 bridgehead atoms. The minimum atomic E-state index is -0.316. The first kappa shape index (κ1) is 14.0. The standard InChI is InChI=1S/C14H17NO3/c1-4-18-14(17)10(2)9-12-5-7-13(8-6-12)15-11(3)16/h5-9H,4H2,1-3H3,(H,15,16)/b10-9+. The fraction of sp³-hybridized carbons (Fsp3) is 0.286. The molecule has 0 unspecified atom stereocenters. The Labute approximate surface area is 107 Å². The van der Waals surface area contributed by atoms with E-state index in [1.54, 1.807) is 32.1 Å². The Morgan fingerprint density at radius 1 is 1.22 bits per heavy atom. The molecule has 0 aliphatic heterocycles. The van der Waals surface area contributed by atoms with E-state index in [4.69, 9.17) is 4.74 Å². The first-order valence-corrected chi connectivity index (χ1v) is 5.76. The molecule has 96 valence electrons. The van der Waals surface area contributed by atoms with Crippen molar-refractivity contribution >= 4 is 23.6 Å². The lowest BCUT2D eigenvalue weighted by Gasteiger charge is -2.03. The van der Waals surface area contributed by atoms with Gasteiger partial charge in [0.05, 0.1) is 6.61 Å². The van der Waals surface area contributed by atoms with E-state index in [9.17, 15) is 9.59 Å². The molecule has 1 aromatic carbocycles. The van der Waals surface area contributed by atoms with Crippen LogP contribution in [0, 0.1) is 0 Å². The number of rotatable bonds is 4. The summed E-state index contributed by atoms with van der Waals surface area (Å²) in [6, 6.07) is 7.22. The minimum absolute atomic E-state index is 0.110. The van der Waals surface area contributed by atoms with E-state index in [1.165, 1.54) is 6.92 Å². The summed E-state index contributed by atoms with van der Waals surface area (Å²) in [5, 5.41) is 2.68. The SMILES string of the molecule is CCOC(=O)/C(C)=C/c1ccc(NC(C)=O)cc1. The van der Waals surface area contributed by atoms with Gasteiger partial charge in [-0.15, -0.1) is 0 Å². The van der Waals surface area contributed by atoms with Crippen LogP contribution in [-0.4, -0.2) is 18.5 Å². The summed E-state index contributed by atoms with van der Waals surface area (Å²) in [6.45, 7) is 5.30. The second-order valence-electron chi connectivity index (χ2n) is 3.85. The number of carbonyl (C=O) groups is 2. The highest BCUT2D eigenvalue weighted by Gasteiger charge is 2.04. The quantitative estimate of drug-likeness (QED) is 0.657. The van der Waals surface area contributed by atoms with Crippen LogP contribution in [0.5, 0.6) is 0 Å². The monoisotopic (exact) mass is 247 g/mol. The number of amides is 1. The lowest BCUT2D eigenvalue weighted by Crippen LogP contribution is -2.05. The van der Waals surface area contributed by atoms with Gasteiger partial charge < -0.3 is 10.1 Å². The van der Waals surface area contributed by atoms with Crippen LogP contribution in [0.4, 0.5) is 5.69 Å². The van der Waals surface area contributed by atoms with E-state index in [0.29, 0.717) is 12.2 Å². The second-order valence-corrected chi connectivity index (χ2v) is 3.85. The van der Waals surface area contributed by atoms with Crippen molar-refractivity contribution in [1.29, 1.82) is 0 Å². The number of nitrogens with one attached hydrogen (secondary N) is 1. The van der Waals surface area contributed by atoms with Gasteiger partial charge in [0.25, 0.3) is 0 Å². The fourth-order valence-corrected chi connectivity index (χ4v) is 1.42. The Morgan fingerprint density at radius 2 is 1.83 bits per heavy atom. The molecule has 1 rings (SSSR count). The summed E-state index contributed by atoms with van der Waals surface area (Å²) in [6.07, 6.45) is 1.75. The number of anilines is 1. The summed E-state index contributed by atoms with van der Waals surface area (Å²) < 4.78 is 4.89. The van der Waals surface area contributed by atoms with E-state index >= 15 is 0 Å². The topological polar surface area (TPSA) is 55.4 Å². The predicted octanol–water partition coefficient (Wildman–Crippen LogP) is 2.61. The Kier molecular flexibility index (Phi) is 5.11. The van der Waals surface area contributed by atoms with Crippen molar-refractivity contribution in [1.82, 2.24) is 0 Å². The zero-order chi connectivity index (χ0) is 13.5. The third-order valence-corrected chi connectivity index (χ3v) is 2.21. The van der Waals surface area contributed by atoms with E-state index in [0.717, 1.165) is 11.3 Å². The maximum atomic E-state index is 11.4. The molecule has 1 amide bonds. The van der Waals surface area contributed by atoms with Gasteiger partial charge in [-0.2, -0.15) is 0 Å². The molecule has 4 heteroatoms. The maximum Gasteiger partial charge on any atom is 0.333 e. The summed E-state index contributed by atoms with van der Waals surface area (Å²) in [5.41, 5.74) is 2.16. The molecule has 4 nitrogen and oxygen atoms in total. The summed E-state index contributed by atoms with van der Waals surface area (Å²) >= 11 is 0. The molecule has 0 aliphatic rings. The Balaban J connectivity index is 2.76. The molecule has 0 radical (unpaired) electrons. The highest BCUT2D eigenvalue weighted by molar-refractivity contribution is 5.93. The third-order valence-electron chi connectivity index (χ3n) is 2.21. The highest BCUT2D eigenvalue weighted by atomic mass is 16.5. The van der Waals surface area contributed by atoms with Crippen molar-refractivity contribution in [2.75, 3.05) is 11.9 Å². The summed E-state index contributed by atoms with van der Waals surface area (Å²) in [5.74, 6) is -0.426. The maximum absolute atomic E-state index is 11.4. The molecule has 0 fully saturated rings. The zero-order valence-corrected chi connectivity index (χ0v) is 10.8. The highest BCUT2D eigenvalue weighted by Crippen LogP contribution is 2.13. The molecule has 0 spiro atoms. The molecular weight excluding hydrogens is 230 g/mol. The van der Waals surface area contributed by atoms with Crippen molar-refractivity contribution < 1.29 is 14.3 Å². The molecule has 0 heterocycles. The van der Waals surface area contributed by atoms with Crippen LogP contribution in [0.3, 0.4) is 0 Å². The smallest absolute Gasteiger partial charge is 0.333 e. The number of benzene rings is 1. The molecule has 0 saturated heterocycles. The average molecular weight is 247 g/mol. The van der Waals surface area contributed by atoms with Gasteiger partial charge in [0.1, 0.15) is 0 Å². The van der Waals surface area contributed by atoms with Crippen molar-refractivity contribution in [2.45, 2.75) is 20.8 Å². The van der Waals surface area contributed by atoms with Crippen LogP contribution in [0.1, 0.15) is 26.3 Å². The minimum Gasteiger partial charge on any atom is -0.463 e. The van der Waals surface area contributed by atoms with Crippen molar-refractivity contribution in [3.05, 3.63) is 35.4 Å². The van der Waals surface area contributed by atoms with E-state index in [1.807, 2.05) is 12.1 Å². The largest absolute Gasteiger partial charge is 0.463 e. The number of ether oxygens (including phenoxy) is 1. The lowest BCUT2D eigenvalue weighted by molar-refractivity contribution is -0.138. The normalized spacial score (nSPS) is 10.9. The molecular formula is C14H17NO3. The predicted molar refractivity (Wildman–Crippen MR) is 71.0 cm³/mol. The Bertz CT molecular complexity index is 460. The van der Waals surface area contributed by atoms with Crippen LogP contribution in [0.15, 0.2) is 29.8 Å². The summed E-state index contributed by atoms with van der Waals surface area (Å²) in [4.78, 5) is 22.3. The van der Waals surface area contributed by atoms with Gasteiger partial charge in [0.15, 0.2) is 0 Å². The number of hydrogen-bond donors (Lipinski definition) is 1. The molecule has 0 aliphatic carbocycles. The van der Waals surface area contributed by atoms with Crippen LogP contribution in [0.25, 0.3) is 6.08 Å². The molecule has 18 heavy (non-hydrogen) atoms. The van der Waals surface area contributed by atoms with Gasteiger partial charge in [0, 0.05) is 18.2 Å². The van der Waals surface area contributed by atoms with Gasteiger partial charge in [0.2, 0.25) is 5.91 Å². The molecule has 0 aromatic heterocycles. The first-order chi connectivity index (χ1) is 8.52. The van der Waals surface area contributed by atoms with Crippen molar-refractivity contribution in [3.8, 4) is 0 Å². The lowest BCUT2D eigenvalue weighted by atomic mass is 10.1. The number of hydrogen-bond acceptors (Lipinski definition) is 3. The van der Waals surface area contributed by atoms with Gasteiger partial charge in [-0.3, -0.25) is 4.79 Å². The zero-order valence-electron chi connectivity index (χ0n) is 10.8. The van der Waals surface area contributed by atoms with Crippen LogP contribution < -0.4 is 5.32 Å². The van der Waals surface area contributed by atoms with Crippen molar-refractivity contribution in [3.63, 3.8) is 0 Å². The molecule has 1 N–H and O–H groups in total. The van der Waals surface area contributed by atoms with Crippen LogP contribution in [-0.2, 0) is 14.3 Å².